The minimum absolute atomic E-state index is 0.0705. The van der Waals surface area contributed by atoms with Gasteiger partial charge < -0.3 is 19.6 Å². The molecule has 3 rings (SSSR count). The van der Waals surface area contributed by atoms with Gasteiger partial charge in [0.05, 0.1) is 12.6 Å². The van der Waals surface area contributed by atoms with Gasteiger partial charge in [-0.2, -0.15) is 0 Å². The number of likely N-dealkylation sites (tertiary alicyclic amines) is 1. The number of hydrogen-bond acceptors (Lipinski definition) is 4. The fourth-order valence-electron chi connectivity index (χ4n) is 3.39. The lowest BCUT2D eigenvalue weighted by Gasteiger charge is -2.28. The summed E-state index contributed by atoms with van der Waals surface area (Å²) in [7, 11) is 0. The van der Waals surface area contributed by atoms with Crippen LogP contribution in [0.1, 0.15) is 32.8 Å². The van der Waals surface area contributed by atoms with Gasteiger partial charge in [0.25, 0.3) is 5.91 Å². The molecule has 6 nitrogen and oxygen atoms in total. The number of benzene rings is 2. The monoisotopic (exact) mass is 434 g/mol. The quantitative estimate of drug-likeness (QED) is 0.755. The molecule has 1 atom stereocenters. The number of rotatable bonds is 6. The number of aliphatic hydroxyl groups is 1. The predicted molar refractivity (Wildman–Crippen MR) is 114 cm³/mol. The summed E-state index contributed by atoms with van der Waals surface area (Å²) in [6.45, 7) is 5.84. The van der Waals surface area contributed by atoms with Crippen LogP contribution in [0.2, 0.25) is 0 Å². The van der Waals surface area contributed by atoms with E-state index in [1.54, 1.807) is 29.2 Å². The molecule has 0 radical (unpaired) electrons. The molecule has 1 aliphatic rings. The van der Waals surface area contributed by atoms with Gasteiger partial charge in [0.2, 0.25) is 5.91 Å². The third kappa shape index (κ3) is 6.24. The molecule has 1 N–H and O–H groups in total. The number of ether oxygens (including phenoxy) is 1. The maximum atomic E-state index is 13.6. The van der Waals surface area contributed by atoms with Crippen LogP contribution in [0, 0.1) is 11.6 Å². The summed E-state index contributed by atoms with van der Waals surface area (Å²) in [5.74, 6) is -2.04. The number of hydrogen-bond donors (Lipinski definition) is 1. The number of carbonyl (C=O) groups excluding carboxylic acids is 2. The van der Waals surface area contributed by atoms with E-state index in [0.717, 1.165) is 17.7 Å². The van der Waals surface area contributed by atoms with Crippen LogP contribution in [0.4, 0.5) is 14.5 Å². The number of anilines is 1. The number of amides is 2. The summed E-state index contributed by atoms with van der Waals surface area (Å²) in [4.78, 5) is 27.6. The Kier molecular flexibility index (Phi) is 8.93. The van der Waals surface area contributed by atoms with E-state index in [4.69, 9.17) is 9.84 Å². The molecule has 168 valence electrons. The van der Waals surface area contributed by atoms with Gasteiger partial charge in [-0.25, -0.2) is 8.78 Å². The minimum atomic E-state index is -1.03. The van der Waals surface area contributed by atoms with Crippen LogP contribution in [0.3, 0.4) is 0 Å². The van der Waals surface area contributed by atoms with E-state index in [1.807, 2.05) is 13.8 Å². The largest absolute Gasteiger partial charge is 0.484 e. The topological polar surface area (TPSA) is 70.1 Å². The SMILES string of the molecule is CC.CC(=O)N(c1ccc(F)c(F)c1)C1CCN(C(=O)COc2ccc(CO)cc2)C1. The zero-order valence-corrected chi connectivity index (χ0v) is 18.0. The number of aliphatic hydroxyl groups excluding tert-OH is 1. The van der Waals surface area contributed by atoms with E-state index >= 15 is 0 Å². The molecule has 31 heavy (non-hydrogen) atoms. The second kappa shape index (κ2) is 11.4. The Bertz CT molecular complexity index is 890. The normalized spacial score (nSPS) is 15.2. The summed E-state index contributed by atoms with van der Waals surface area (Å²) < 4.78 is 32.3. The van der Waals surface area contributed by atoms with Crippen molar-refractivity contribution in [1.29, 1.82) is 0 Å². The van der Waals surface area contributed by atoms with E-state index in [-0.39, 0.29) is 43.3 Å². The van der Waals surface area contributed by atoms with Gasteiger partial charge in [0.15, 0.2) is 18.2 Å². The highest BCUT2D eigenvalue weighted by atomic mass is 19.2. The second-order valence-corrected chi connectivity index (χ2v) is 6.86. The molecule has 0 saturated carbocycles. The molecule has 1 aliphatic heterocycles. The number of carbonyl (C=O) groups is 2. The van der Waals surface area contributed by atoms with Crippen LogP contribution in [-0.4, -0.2) is 47.6 Å². The van der Waals surface area contributed by atoms with Crippen molar-refractivity contribution >= 4 is 17.5 Å². The molecule has 0 bridgehead atoms. The Morgan fingerprint density at radius 2 is 1.81 bits per heavy atom. The van der Waals surface area contributed by atoms with E-state index in [1.165, 1.54) is 17.9 Å². The highest BCUT2D eigenvalue weighted by Gasteiger charge is 2.33. The van der Waals surface area contributed by atoms with E-state index in [0.29, 0.717) is 18.7 Å². The van der Waals surface area contributed by atoms with Crippen molar-refractivity contribution in [1.82, 2.24) is 4.90 Å². The number of nitrogens with zero attached hydrogens (tertiary/aromatic N) is 2. The predicted octanol–water partition coefficient (Wildman–Crippen LogP) is 3.52. The molecule has 1 heterocycles. The Hall–Kier alpha value is -3.00. The smallest absolute Gasteiger partial charge is 0.260 e. The summed E-state index contributed by atoms with van der Waals surface area (Å²) in [5.41, 5.74) is 1.00. The van der Waals surface area contributed by atoms with Gasteiger partial charge in [-0.15, -0.1) is 0 Å². The van der Waals surface area contributed by atoms with Gasteiger partial charge >= 0.3 is 0 Å². The first-order chi connectivity index (χ1) is 14.9. The van der Waals surface area contributed by atoms with E-state index in [2.05, 4.69) is 0 Å². The van der Waals surface area contributed by atoms with Crippen LogP contribution < -0.4 is 9.64 Å². The Morgan fingerprint density at radius 3 is 2.39 bits per heavy atom. The third-order valence-electron chi connectivity index (χ3n) is 4.87. The number of halogens is 2. The van der Waals surface area contributed by atoms with Crippen LogP contribution in [0.5, 0.6) is 5.75 Å². The molecule has 2 aromatic rings. The summed E-state index contributed by atoms with van der Waals surface area (Å²) in [6.07, 6.45) is 0.523. The first-order valence-corrected chi connectivity index (χ1v) is 10.2. The lowest BCUT2D eigenvalue weighted by Crippen LogP contribution is -2.42. The second-order valence-electron chi connectivity index (χ2n) is 6.86. The minimum Gasteiger partial charge on any atom is -0.484 e. The molecule has 8 heteroatoms. The van der Waals surface area contributed by atoms with Crippen molar-refractivity contribution in [3.8, 4) is 5.75 Å². The van der Waals surface area contributed by atoms with Gasteiger partial charge in [-0.1, -0.05) is 26.0 Å². The van der Waals surface area contributed by atoms with Crippen LogP contribution in [-0.2, 0) is 16.2 Å². The van der Waals surface area contributed by atoms with Crippen LogP contribution >= 0.6 is 0 Å². The van der Waals surface area contributed by atoms with Crippen molar-refractivity contribution in [2.75, 3.05) is 24.6 Å². The third-order valence-corrected chi connectivity index (χ3v) is 4.87. The Morgan fingerprint density at radius 1 is 1.13 bits per heavy atom. The molecule has 2 amide bonds. The van der Waals surface area contributed by atoms with E-state index in [9.17, 15) is 18.4 Å². The Balaban J connectivity index is 0.00000166. The van der Waals surface area contributed by atoms with Crippen LogP contribution in [0.15, 0.2) is 42.5 Å². The average molecular weight is 434 g/mol. The molecule has 0 aliphatic carbocycles. The first-order valence-electron chi connectivity index (χ1n) is 10.2. The first kappa shape index (κ1) is 24.3. The van der Waals surface area contributed by atoms with Crippen molar-refractivity contribution in [3.05, 3.63) is 59.7 Å². The highest BCUT2D eigenvalue weighted by molar-refractivity contribution is 5.92. The van der Waals surface area contributed by atoms with Crippen molar-refractivity contribution in [2.45, 2.75) is 39.8 Å². The zero-order valence-electron chi connectivity index (χ0n) is 18.0. The van der Waals surface area contributed by atoms with Gasteiger partial charge in [0, 0.05) is 31.8 Å². The fraction of sp³-hybridized carbons (Fsp3) is 0.391. The maximum Gasteiger partial charge on any atom is 0.260 e. The van der Waals surface area contributed by atoms with Crippen LogP contribution in [0.25, 0.3) is 0 Å². The highest BCUT2D eigenvalue weighted by Crippen LogP contribution is 2.25. The van der Waals surface area contributed by atoms with Crippen molar-refractivity contribution in [2.24, 2.45) is 0 Å². The lowest BCUT2D eigenvalue weighted by molar-refractivity contribution is -0.132. The lowest BCUT2D eigenvalue weighted by atomic mass is 10.1. The fourth-order valence-corrected chi connectivity index (χ4v) is 3.39. The van der Waals surface area contributed by atoms with Crippen molar-refractivity contribution in [3.63, 3.8) is 0 Å². The van der Waals surface area contributed by atoms with Gasteiger partial charge in [0.1, 0.15) is 5.75 Å². The molecule has 2 aromatic carbocycles. The van der Waals surface area contributed by atoms with Gasteiger partial charge in [-0.05, 0) is 36.2 Å². The van der Waals surface area contributed by atoms with Crippen molar-refractivity contribution < 1.29 is 28.2 Å². The molecule has 0 aromatic heterocycles. The average Bonchev–Trinajstić information content (AvgIpc) is 3.26. The Labute approximate surface area is 181 Å². The summed E-state index contributed by atoms with van der Waals surface area (Å²) in [5, 5.41) is 9.04. The molecule has 0 spiro atoms. The molecular weight excluding hydrogens is 406 g/mol. The maximum absolute atomic E-state index is 13.6. The zero-order chi connectivity index (χ0) is 23.0. The molecule has 1 unspecified atom stereocenters. The molecule has 1 fully saturated rings. The van der Waals surface area contributed by atoms with Gasteiger partial charge in [-0.3, -0.25) is 9.59 Å². The molecule has 1 saturated heterocycles. The molecular formula is C23H28F2N2O4. The summed E-state index contributed by atoms with van der Waals surface area (Å²) in [6, 6.07) is 9.75. The standard InChI is InChI=1S/C21H22F2N2O4.C2H6/c1-14(27)25(16-4-7-19(22)20(23)10-16)17-8-9-24(11-17)21(28)13-29-18-5-2-15(12-26)3-6-18;1-2/h2-7,10,17,26H,8-9,11-13H2,1H3;1-2H3. The van der Waals surface area contributed by atoms with E-state index < -0.39 is 11.6 Å². The summed E-state index contributed by atoms with van der Waals surface area (Å²) >= 11 is 0.